The molecule has 1 amide bonds. The molecule has 0 saturated carbocycles. The first-order chi connectivity index (χ1) is 16.4. The first-order valence-corrected chi connectivity index (χ1v) is 13.0. The summed E-state index contributed by atoms with van der Waals surface area (Å²) in [4.78, 5) is 14.6. The van der Waals surface area contributed by atoms with Gasteiger partial charge in [-0.25, -0.2) is 13.8 Å². The molecule has 0 atom stereocenters. The van der Waals surface area contributed by atoms with Gasteiger partial charge in [-0.15, -0.1) is 0 Å². The summed E-state index contributed by atoms with van der Waals surface area (Å²) >= 11 is 3.32. The van der Waals surface area contributed by atoms with Crippen LogP contribution >= 0.6 is 15.9 Å². The van der Waals surface area contributed by atoms with Gasteiger partial charge in [0.15, 0.2) is 0 Å². The highest BCUT2D eigenvalue weighted by molar-refractivity contribution is 9.10. The number of piperazine rings is 1. The lowest BCUT2D eigenvalue weighted by molar-refractivity contribution is -0.122. The number of methoxy groups -OCH3 is 1. The molecule has 0 aromatic heterocycles. The second kappa shape index (κ2) is 10.6. The van der Waals surface area contributed by atoms with Crippen LogP contribution in [0.25, 0.3) is 10.8 Å². The lowest BCUT2D eigenvalue weighted by Crippen LogP contribution is -2.50. The maximum Gasteiger partial charge on any atom is 0.254 e. The SMILES string of the molecule is COc1ccc2ccccc2c1C=NNC(=O)CN1CCN(S(=O)(=O)c2ccc(Br)cc2)CC1. The summed E-state index contributed by atoms with van der Waals surface area (Å²) in [5, 5.41) is 6.15. The number of ether oxygens (including phenoxy) is 1. The molecule has 4 rings (SSSR count). The molecule has 34 heavy (non-hydrogen) atoms. The molecule has 0 aliphatic carbocycles. The van der Waals surface area contributed by atoms with Crippen LogP contribution in [0.3, 0.4) is 0 Å². The van der Waals surface area contributed by atoms with Crippen molar-refractivity contribution in [2.24, 2.45) is 5.10 Å². The zero-order valence-electron chi connectivity index (χ0n) is 18.6. The summed E-state index contributed by atoms with van der Waals surface area (Å²) in [6.45, 7) is 1.70. The van der Waals surface area contributed by atoms with Crippen molar-refractivity contribution < 1.29 is 17.9 Å². The Morgan fingerprint density at radius 1 is 1.06 bits per heavy atom. The van der Waals surface area contributed by atoms with E-state index in [1.807, 2.05) is 41.3 Å². The van der Waals surface area contributed by atoms with Gasteiger partial charge in [0.25, 0.3) is 5.91 Å². The van der Waals surface area contributed by atoms with Crippen molar-refractivity contribution in [1.29, 1.82) is 0 Å². The van der Waals surface area contributed by atoms with Crippen molar-refractivity contribution in [3.63, 3.8) is 0 Å². The van der Waals surface area contributed by atoms with Crippen LogP contribution in [0.15, 0.2) is 75.1 Å². The molecule has 3 aromatic carbocycles. The zero-order valence-corrected chi connectivity index (χ0v) is 21.0. The predicted octanol–water partition coefficient (Wildman–Crippen LogP) is 3.07. The molecule has 1 saturated heterocycles. The predicted molar refractivity (Wildman–Crippen MR) is 136 cm³/mol. The van der Waals surface area contributed by atoms with E-state index in [2.05, 4.69) is 26.5 Å². The number of hydrogen-bond acceptors (Lipinski definition) is 6. The fourth-order valence-electron chi connectivity index (χ4n) is 3.88. The molecular weight excluding hydrogens is 520 g/mol. The smallest absolute Gasteiger partial charge is 0.254 e. The highest BCUT2D eigenvalue weighted by Gasteiger charge is 2.29. The van der Waals surface area contributed by atoms with E-state index in [1.54, 1.807) is 37.6 Å². The van der Waals surface area contributed by atoms with Crippen molar-refractivity contribution >= 4 is 48.8 Å². The number of amides is 1. The molecule has 1 N–H and O–H groups in total. The Balaban J connectivity index is 1.33. The van der Waals surface area contributed by atoms with E-state index in [-0.39, 0.29) is 17.3 Å². The summed E-state index contributed by atoms with van der Waals surface area (Å²) in [5.74, 6) is 0.402. The second-order valence-electron chi connectivity index (χ2n) is 7.83. The number of nitrogens with one attached hydrogen (secondary N) is 1. The van der Waals surface area contributed by atoms with Crippen molar-refractivity contribution in [3.8, 4) is 5.75 Å². The van der Waals surface area contributed by atoms with Crippen LogP contribution in [0.5, 0.6) is 5.75 Å². The minimum absolute atomic E-state index is 0.135. The van der Waals surface area contributed by atoms with Crippen molar-refractivity contribution in [1.82, 2.24) is 14.6 Å². The second-order valence-corrected chi connectivity index (χ2v) is 10.7. The standard InChI is InChI=1S/C24H25BrN4O4S/c1-33-23-11-6-18-4-2-3-5-21(18)22(23)16-26-27-24(30)17-28-12-14-29(15-13-28)34(31,32)20-9-7-19(25)8-10-20/h2-11,16H,12-15,17H2,1H3,(H,27,30). The number of halogens is 1. The molecular formula is C24H25BrN4O4S. The van der Waals surface area contributed by atoms with Gasteiger partial charge < -0.3 is 4.74 Å². The Kier molecular flexibility index (Phi) is 7.62. The molecule has 0 unspecified atom stereocenters. The molecule has 3 aromatic rings. The molecule has 8 nitrogen and oxygen atoms in total. The van der Waals surface area contributed by atoms with Crippen LogP contribution in [0, 0.1) is 0 Å². The molecule has 0 radical (unpaired) electrons. The molecule has 10 heteroatoms. The van der Waals surface area contributed by atoms with Gasteiger partial charge in [-0.1, -0.05) is 46.3 Å². The van der Waals surface area contributed by atoms with Crippen LogP contribution in [0.4, 0.5) is 0 Å². The third-order valence-corrected chi connectivity index (χ3v) is 8.12. The number of carbonyl (C=O) groups is 1. The Labute approximate surface area is 207 Å². The van der Waals surface area contributed by atoms with Crippen molar-refractivity contribution in [2.45, 2.75) is 4.90 Å². The van der Waals surface area contributed by atoms with Crippen LogP contribution in [-0.2, 0) is 14.8 Å². The highest BCUT2D eigenvalue weighted by Crippen LogP contribution is 2.26. The molecule has 1 aliphatic rings. The van der Waals surface area contributed by atoms with Gasteiger partial charge in [-0.05, 0) is 41.1 Å². The normalized spacial score (nSPS) is 15.6. The summed E-state index contributed by atoms with van der Waals surface area (Å²) in [6, 6.07) is 18.3. The summed E-state index contributed by atoms with van der Waals surface area (Å²) < 4.78 is 33.4. The topological polar surface area (TPSA) is 91.3 Å². The monoisotopic (exact) mass is 544 g/mol. The number of carbonyl (C=O) groups excluding carboxylic acids is 1. The molecule has 1 aliphatic heterocycles. The highest BCUT2D eigenvalue weighted by atomic mass is 79.9. The van der Waals surface area contributed by atoms with Crippen LogP contribution in [0.1, 0.15) is 5.56 Å². The third kappa shape index (κ3) is 5.47. The number of hydrogen-bond donors (Lipinski definition) is 1. The Bertz CT molecular complexity index is 1300. The molecule has 1 heterocycles. The first-order valence-electron chi connectivity index (χ1n) is 10.7. The Morgan fingerprint density at radius 2 is 1.76 bits per heavy atom. The lowest BCUT2D eigenvalue weighted by Gasteiger charge is -2.33. The summed E-state index contributed by atoms with van der Waals surface area (Å²) in [5.41, 5.74) is 3.35. The number of sulfonamides is 1. The van der Waals surface area contributed by atoms with Crippen molar-refractivity contribution in [2.75, 3.05) is 39.8 Å². The number of hydrazone groups is 1. The minimum Gasteiger partial charge on any atom is -0.496 e. The number of nitrogens with zero attached hydrogens (tertiary/aromatic N) is 3. The Morgan fingerprint density at radius 3 is 2.47 bits per heavy atom. The van der Waals surface area contributed by atoms with E-state index in [9.17, 15) is 13.2 Å². The average molecular weight is 545 g/mol. The van der Waals surface area contributed by atoms with Crippen LogP contribution in [-0.4, -0.2) is 69.6 Å². The van der Waals surface area contributed by atoms with E-state index >= 15 is 0 Å². The van der Waals surface area contributed by atoms with Gasteiger partial charge in [0.2, 0.25) is 10.0 Å². The first kappa shape index (κ1) is 24.3. The molecule has 178 valence electrons. The van der Waals surface area contributed by atoms with Gasteiger partial charge in [0.1, 0.15) is 5.75 Å². The fraction of sp³-hybridized carbons (Fsp3) is 0.250. The zero-order chi connectivity index (χ0) is 24.1. The van der Waals surface area contributed by atoms with Crippen LogP contribution < -0.4 is 10.2 Å². The van der Waals surface area contributed by atoms with Gasteiger partial charge in [0, 0.05) is 36.2 Å². The number of fused-ring (bicyclic) bond motifs is 1. The van der Waals surface area contributed by atoms with E-state index in [0.717, 1.165) is 20.8 Å². The summed E-state index contributed by atoms with van der Waals surface area (Å²) in [7, 11) is -1.96. The molecule has 0 bridgehead atoms. The molecule has 0 spiro atoms. The minimum atomic E-state index is -3.55. The Hall–Kier alpha value is -2.79. The van der Waals surface area contributed by atoms with Gasteiger partial charge in [0.05, 0.1) is 24.8 Å². The quantitative estimate of drug-likeness (QED) is 0.364. The van der Waals surface area contributed by atoms with Gasteiger partial charge in [-0.2, -0.15) is 9.41 Å². The fourth-order valence-corrected chi connectivity index (χ4v) is 5.56. The number of rotatable bonds is 7. The van der Waals surface area contributed by atoms with Gasteiger partial charge >= 0.3 is 0 Å². The van der Waals surface area contributed by atoms with E-state index in [4.69, 9.17) is 4.74 Å². The third-order valence-electron chi connectivity index (χ3n) is 5.68. The maximum absolute atomic E-state index is 12.8. The van der Waals surface area contributed by atoms with E-state index < -0.39 is 10.0 Å². The lowest BCUT2D eigenvalue weighted by atomic mass is 10.0. The largest absolute Gasteiger partial charge is 0.496 e. The molecule has 1 fully saturated rings. The summed E-state index contributed by atoms with van der Waals surface area (Å²) in [6.07, 6.45) is 1.59. The number of benzene rings is 3. The van der Waals surface area contributed by atoms with E-state index in [0.29, 0.717) is 31.9 Å². The maximum atomic E-state index is 12.8. The van der Waals surface area contributed by atoms with Crippen LogP contribution in [0.2, 0.25) is 0 Å². The average Bonchev–Trinajstić information content (AvgIpc) is 2.84. The van der Waals surface area contributed by atoms with Gasteiger partial charge in [-0.3, -0.25) is 9.69 Å². The van der Waals surface area contributed by atoms with E-state index in [1.165, 1.54) is 4.31 Å². The van der Waals surface area contributed by atoms with Crippen molar-refractivity contribution in [3.05, 3.63) is 70.7 Å².